The van der Waals surface area contributed by atoms with Crippen LogP contribution in [0.3, 0.4) is 0 Å². The molecule has 0 fully saturated rings. The Labute approximate surface area is 210 Å². The molecule has 0 amide bonds. The van der Waals surface area contributed by atoms with Gasteiger partial charge in [0.1, 0.15) is 0 Å². The number of ether oxygens (including phenoxy) is 1. The third kappa shape index (κ3) is 6.94. The Kier molecular flexibility index (Phi) is 8.29. The van der Waals surface area contributed by atoms with Crippen LogP contribution in [0.4, 0.5) is 45.5 Å². The molecular formula is C23H22F9N5O. The van der Waals surface area contributed by atoms with Gasteiger partial charge in [0, 0.05) is 7.11 Å². The van der Waals surface area contributed by atoms with E-state index in [0.717, 1.165) is 16.9 Å². The van der Waals surface area contributed by atoms with E-state index >= 15 is 0 Å². The number of hydrogen-bond donors (Lipinski definition) is 1. The van der Waals surface area contributed by atoms with Crippen molar-refractivity contribution in [3.8, 4) is 0 Å². The second kappa shape index (κ2) is 10.8. The number of aryl methyl sites for hydroxylation is 1. The summed E-state index contributed by atoms with van der Waals surface area (Å²) < 4.78 is 127. The van der Waals surface area contributed by atoms with Crippen molar-refractivity contribution in [3.63, 3.8) is 0 Å². The molecule has 208 valence electrons. The first-order valence-electron chi connectivity index (χ1n) is 11.1. The zero-order valence-corrected chi connectivity index (χ0v) is 20.1. The summed E-state index contributed by atoms with van der Waals surface area (Å²) in [7, 11) is 2.72. The van der Waals surface area contributed by atoms with Gasteiger partial charge in [-0.3, -0.25) is 0 Å². The lowest BCUT2D eigenvalue weighted by Crippen LogP contribution is -2.20. The fourth-order valence-electron chi connectivity index (χ4n) is 3.97. The van der Waals surface area contributed by atoms with Crippen molar-refractivity contribution >= 4 is 5.95 Å². The topological polar surface area (TPSA) is 64.9 Å². The van der Waals surface area contributed by atoms with Crippen LogP contribution in [-0.2, 0) is 36.7 Å². The molecule has 2 atom stereocenters. The van der Waals surface area contributed by atoms with Crippen LogP contribution in [0.1, 0.15) is 58.9 Å². The van der Waals surface area contributed by atoms with E-state index in [2.05, 4.69) is 20.7 Å². The SMILES string of the molecule is CC[C@@H](OC)c1ccc(C(F)(F)F)cc1C(Cc1cc(C(F)(F)F)cc(C(F)(F)F)c1)Nc1nnn(C)n1. The minimum absolute atomic E-state index is 0.0239. The lowest BCUT2D eigenvalue weighted by Gasteiger charge is -2.26. The number of benzene rings is 2. The maximum atomic E-state index is 13.6. The number of methoxy groups -OCH3 is 1. The molecule has 1 unspecified atom stereocenters. The van der Waals surface area contributed by atoms with Gasteiger partial charge in [0.2, 0.25) is 0 Å². The highest BCUT2D eigenvalue weighted by molar-refractivity contribution is 5.43. The van der Waals surface area contributed by atoms with Gasteiger partial charge in [0.25, 0.3) is 5.95 Å². The number of nitrogens with one attached hydrogen (secondary N) is 1. The average molecular weight is 555 g/mol. The first-order valence-corrected chi connectivity index (χ1v) is 11.1. The van der Waals surface area contributed by atoms with Crippen LogP contribution >= 0.6 is 0 Å². The van der Waals surface area contributed by atoms with Gasteiger partial charge in [0.15, 0.2) is 0 Å². The van der Waals surface area contributed by atoms with E-state index in [9.17, 15) is 39.5 Å². The van der Waals surface area contributed by atoms with Crippen molar-refractivity contribution in [2.75, 3.05) is 12.4 Å². The van der Waals surface area contributed by atoms with Crippen LogP contribution in [0.5, 0.6) is 0 Å². The monoisotopic (exact) mass is 555 g/mol. The fraction of sp³-hybridized carbons (Fsp3) is 0.435. The molecule has 2 aromatic carbocycles. The summed E-state index contributed by atoms with van der Waals surface area (Å²) >= 11 is 0. The number of anilines is 1. The molecule has 0 aliphatic heterocycles. The Balaban J connectivity index is 2.23. The highest BCUT2D eigenvalue weighted by Crippen LogP contribution is 2.40. The van der Waals surface area contributed by atoms with E-state index in [1.165, 1.54) is 20.2 Å². The molecule has 0 saturated carbocycles. The third-order valence-electron chi connectivity index (χ3n) is 5.69. The van der Waals surface area contributed by atoms with Crippen molar-refractivity contribution in [2.45, 2.75) is 50.4 Å². The van der Waals surface area contributed by atoms with E-state index in [1.807, 2.05) is 0 Å². The van der Waals surface area contributed by atoms with E-state index in [0.29, 0.717) is 18.6 Å². The van der Waals surface area contributed by atoms with Crippen LogP contribution in [0.2, 0.25) is 0 Å². The number of alkyl halides is 9. The lowest BCUT2D eigenvalue weighted by atomic mass is 9.89. The van der Waals surface area contributed by atoms with E-state index in [4.69, 9.17) is 4.74 Å². The Hall–Kier alpha value is -3.36. The molecule has 1 aromatic heterocycles. The first-order chi connectivity index (χ1) is 17.5. The summed E-state index contributed by atoms with van der Waals surface area (Å²) in [6.45, 7) is 1.70. The number of aromatic nitrogens is 4. The predicted octanol–water partition coefficient (Wildman–Crippen LogP) is 6.76. The van der Waals surface area contributed by atoms with Crippen molar-refractivity contribution in [1.29, 1.82) is 0 Å². The molecule has 0 aliphatic rings. The molecular weight excluding hydrogens is 533 g/mol. The fourth-order valence-corrected chi connectivity index (χ4v) is 3.97. The molecule has 0 radical (unpaired) electrons. The first kappa shape index (κ1) is 29.2. The number of rotatable bonds is 8. The van der Waals surface area contributed by atoms with Crippen LogP contribution in [-0.4, -0.2) is 27.3 Å². The number of halogens is 9. The van der Waals surface area contributed by atoms with Crippen molar-refractivity contribution in [3.05, 3.63) is 69.8 Å². The molecule has 0 spiro atoms. The molecule has 6 nitrogen and oxygen atoms in total. The van der Waals surface area contributed by atoms with Crippen LogP contribution in [0.25, 0.3) is 0 Å². The van der Waals surface area contributed by atoms with E-state index < -0.39 is 59.3 Å². The van der Waals surface area contributed by atoms with Gasteiger partial charge >= 0.3 is 18.5 Å². The Morgan fingerprint density at radius 1 is 0.842 bits per heavy atom. The molecule has 1 N–H and O–H groups in total. The molecule has 38 heavy (non-hydrogen) atoms. The minimum Gasteiger partial charge on any atom is -0.377 e. The lowest BCUT2D eigenvalue weighted by molar-refractivity contribution is -0.143. The number of tetrazole rings is 1. The summed E-state index contributed by atoms with van der Waals surface area (Å²) in [6.07, 6.45) is -16.0. The molecule has 0 aliphatic carbocycles. The van der Waals surface area contributed by atoms with Crippen LogP contribution in [0.15, 0.2) is 36.4 Å². The molecule has 0 saturated heterocycles. The second-order valence-corrected chi connectivity index (χ2v) is 8.39. The summed E-state index contributed by atoms with van der Waals surface area (Å²) in [6, 6.07) is 2.49. The largest absolute Gasteiger partial charge is 0.416 e. The van der Waals surface area contributed by atoms with Crippen LogP contribution < -0.4 is 5.32 Å². The molecule has 15 heteroatoms. The van der Waals surface area contributed by atoms with Gasteiger partial charge in [-0.15, -0.1) is 5.10 Å². The smallest absolute Gasteiger partial charge is 0.377 e. The molecule has 1 heterocycles. The molecule has 0 bridgehead atoms. The van der Waals surface area contributed by atoms with Crippen LogP contribution in [0, 0.1) is 0 Å². The Bertz CT molecular complexity index is 1220. The van der Waals surface area contributed by atoms with Gasteiger partial charge < -0.3 is 10.1 Å². The highest BCUT2D eigenvalue weighted by atomic mass is 19.4. The van der Waals surface area contributed by atoms with Crippen molar-refractivity contribution in [1.82, 2.24) is 20.2 Å². The maximum absolute atomic E-state index is 13.6. The van der Waals surface area contributed by atoms with Gasteiger partial charge in [-0.1, -0.05) is 18.1 Å². The van der Waals surface area contributed by atoms with Crippen molar-refractivity contribution < 1.29 is 44.3 Å². The van der Waals surface area contributed by atoms with Gasteiger partial charge in [0.05, 0.1) is 35.9 Å². The van der Waals surface area contributed by atoms with E-state index in [-0.39, 0.29) is 23.1 Å². The summed E-state index contributed by atoms with van der Waals surface area (Å²) in [5.41, 5.74) is -4.40. The summed E-state index contributed by atoms with van der Waals surface area (Å²) in [5, 5.41) is 13.9. The second-order valence-electron chi connectivity index (χ2n) is 8.39. The highest BCUT2D eigenvalue weighted by Gasteiger charge is 2.38. The van der Waals surface area contributed by atoms with E-state index in [1.54, 1.807) is 6.92 Å². The maximum Gasteiger partial charge on any atom is 0.416 e. The van der Waals surface area contributed by atoms with Gasteiger partial charge in [-0.25, -0.2) is 0 Å². The predicted molar refractivity (Wildman–Crippen MR) is 117 cm³/mol. The van der Waals surface area contributed by atoms with Gasteiger partial charge in [-0.2, -0.15) is 44.3 Å². The normalized spacial score (nSPS) is 14.4. The molecule has 3 rings (SSSR count). The molecule has 3 aromatic rings. The van der Waals surface area contributed by atoms with Crippen molar-refractivity contribution in [2.24, 2.45) is 7.05 Å². The standard InChI is InChI=1S/C23H22F9N5O/c1-4-19(38-3)16-6-5-13(21(24,25)26)11-17(16)18(33-20-34-36-37(2)35-20)9-12-7-14(22(27,28)29)10-15(8-12)23(30,31)32/h5-8,10-11,18-19H,4,9H2,1-3H3,(H,33,35)/t18?,19-/m1/s1. The number of hydrogen-bond acceptors (Lipinski definition) is 5. The summed E-state index contributed by atoms with van der Waals surface area (Å²) in [5.74, 6) is -0.200. The zero-order valence-electron chi connectivity index (χ0n) is 20.1. The summed E-state index contributed by atoms with van der Waals surface area (Å²) in [4.78, 5) is 1.02. The Morgan fingerprint density at radius 2 is 1.42 bits per heavy atom. The van der Waals surface area contributed by atoms with Gasteiger partial charge in [-0.05, 0) is 65.1 Å². The minimum atomic E-state index is -5.10. The third-order valence-corrected chi connectivity index (χ3v) is 5.69. The zero-order chi connectivity index (χ0) is 28.5. The average Bonchev–Trinajstić information content (AvgIpc) is 3.22. The Morgan fingerprint density at radius 3 is 1.87 bits per heavy atom. The number of nitrogens with zero attached hydrogens (tertiary/aromatic N) is 4. The quantitative estimate of drug-likeness (QED) is 0.311.